The van der Waals surface area contributed by atoms with Crippen molar-refractivity contribution in [3.63, 3.8) is 0 Å². The lowest BCUT2D eigenvalue weighted by atomic mass is 9.95. The molecule has 2 saturated heterocycles. The Morgan fingerprint density at radius 3 is 3.19 bits per heavy atom. The largest absolute Gasteiger partial charge is 0.316 e. The Morgan fingerprint density at radius 1 is 1.50 bits per heavy atom. The van der Waals surface area contributed by atoms with Crippen LogP contribution in [0.15, 0.2) is 24.5 Å². The number of hydrogen-bond acceptors (Lipinski definition) is 3. The van der Waals surface area contributed by atoms with Crippen molar-refractivity contribution in [1.29, 1.82) is 0 Å². The van der Waals surface area contributed by atoms with Crippen LogP contribution in [0.4, 0.5) is 0 Å². The average Bonchev–Trinajstić information content (AvgIpc) is 2.86. The molecule has 2 aliphatic heterocycles. The lowest BCUT2D eigenvalue weighted by Crippen LogP contribution is -2.32. The van der Waals surface area contributed by atoms with Gasteiger partial charge in [-0.05, 0) is 43.5 Å². The molecule has 2 aliphatic rings. The fraction of sp³-hybridized carbons (Fsp3) is 0.615. The lowest BCUT2D eigenvalue weighted by molar-refractivity contribution is 0.231. The molecule has 3 unspecified atom stereocenters. The van der Waals surface area contributed by atoms with E-state index in [0.717, 1.165) is 18.4 Å². The molecule has 3 heterocycles. The molecular weight excluding hydrogens is 198 g/mol. The van der Waals surface area contributed by atoms with Crippen LogP contribution in [0.2, 0.25) is 0 Å². The molecule has 0 amide bonds. The van der Waals surface area contributed by atoms with E-state index >= 15 is 0 Å². The number of aromatic nitrogens is 1. The fourth-order valence-corrected chi connectivity index (χ4v) is 3.19. The predicted octanol–water partition coefficient (Wildman–Crippen LogP) is 1.12. The topological polar surface area (TPSA) is 28.2 Å². The van der Waals surface area contributed by atoms with Gasteiger partial charge in [-0.2, -0.15) is 0 Å². The van der Waals surface area contributed by atoms with E-state index in [1.165, 1.54) is 25.2 Å². The minimum atomic E-state index is 0.709. The van der Waals surface area contributed by atoms with Crippen molar-refractivity contribution < 1.29 is 0 Å². The smallest absolute Gasteiger partial charge is 0.0312 e. The summed E-state index contributed by atoms with van der Waals surface area (Å²) in [4.78, 5) is 6.79. The van der Waals surface area contributed by atoms with Gasteiger partial charge in [-0.25, -0.2) is 0 Å². The van der Waals surface area contributed by atoms with E-state index in [4.69, 9.17) is 0 Å². The van der Waals surface area contributed by atoms with Gasteiger partial charge in [0.25, 0.3) is 0 Å². The second kappa shape index (κ2) is 4.15. The first-order valence-corrected chi connectivity index (χ1v) is 6.18. The van der Waals surface area contributed by atoms with E-state index in [2.05, 4.69) is 28.2 Å². The number of hydrogen-bond donors (Lipinski definition) is 1. The molecule has 0 radical (unpaired) electrons. The van der Waals surface area contributed by atoms with Gasteiger partial charge >= 0.3 is 0 Å². The maximum absolute atomic E-state index is 4.18. The zero-order valence-corrected chi connectivity index (χ0v) is 9.76. The quantitative estimate of drug-likeness (QED) is 0.804. The van der Waals surface area contributed by atoms with Crippen LogP contribution in [-0.4, -0.2) is 35.6 Å². The minimum absolute atomic E-state index is 0.709. The third kappa shape index (κ3) is 1.74. The SMILES string of the molecule is CC1C2CNCC2CN1Cc1cccnc1. The highest BCUT2D eigenvalue weighted by molar-refractivity contribution is 5.10. The molecule has 0 aliphatic carbocycles. The summed E-state index contributed by atoms with van der Waals surface area (Å²) in [5.74, 6) is 1.73. The van der Waals surface area contributed by atoms with Crippen molar-refractivity contribution in [1.82, 2.24) is 15.2 Å². The number of pyridine rings is 1. The van der Waals surface area contributed by atoms with Crippen molar-refractivity contribution in [3.8, 4) is 0 Å². The molecule has 1 aromatic heterocycles. The van der Waals surface area contributed by atoms with Crippen LogP contribution in [0.3, 0.4) is 0 Å². The number of nitrogens with one attached hydrogen (secondary N) is 1. The molecule has 16 heavy (non-hydrogen) atoms. The molecule has 0 bridgehead atoms. The lowest BCUT2D eigenvalue weighted by Gasteiger charge is -2.24. The molecule has 0 aromatic carbocycles. The van der Waals surface area contributed by atoms with Crippen LogP contribution in [0.1, 0.15) is 12.5 Å². The fourth-order valence-electron chi connectivity index (χ4n) is 3.19. The summed E-state index contributed by atoms with van der Waals surface area (Å²) in [6.45, 7) is 7.08. The van der Waals surface area contributed by atoms with Gasteiger partial charge in [0, 0.05) is 31.5 Å². The van der Waals surface area contributed by atoms with Crippen molar-refractivity contribution >= 4 is 0 Å². The molecule has 3 atom stereocenters. The van der Waals surface area contributed by atoms with Crippen LogP contribution in [-0.2, 0) is 6.54 Å². The Bertz CT molecular complexity index is 351. The van der Waals surface area contributed by atoms with Gasteiger partial charge in [-0.1, -0.05) is 6.07 Å². The third-order valence-electron chi connectivity index (χ3n) is 4.17. The van der Waals surface area contributed by atoms with Crippen LogP contribution < -0.4 is 5.32 Å². The summed E-state index contributed by atoms with van der Waals surface area (Å²) >= 11 is 0. The number of likely N-dealkylation sites (tertiary alicyclic amines) is 1. The molecule has 3 nitrogen and oxygen atoms in total. The van der Waals surface area contributed by atoms with E-state index in [1.807, 2.05) is 18.5 Å². The normalized spacial score (nSPS) is 34.2. The van der Waals surface area contributed by atoms with Crippen molar-refractivity contribution in [2.24, 2.45) is 11.8 Å². The van der Waals surface area contributed by atoms with Gasteiger partial charge in [-0.15, -0.1) is 0 Å². The Balaban J connectivity index is 1.69. The summed E-state index contributed by atoms with van der Waals surface area (Å²) in [6, 6.07) is 4.91. The zero-order chi connectivity index (χ0) is 11.0. The maximum Gasteiger partial charge on any atom is 0.0312 e. The van der Waals surface area contributed by atoms with E-state index in [-0.39, 0.29) is 0 Å². The van der Waals surface area contributed by atoms with Gasteiger partial charge in [0.1, 0.15) is 0 Å². The number of rotatable bonds is 2. The first kappa shape index (κ1) is 10.2. The first-order valence-electron chi connectivity index (χ1n) is 6.18. The Kier molecular flexibility index (Phi) is 2.65. The number of nitrogens with zero attached hydrogens (tertiary/aromatic N) is 2. The van der Waals surface area contributed by atoms with E-state index in [9.17, 15) is 0 Å². The van der Waals surface area contributed by atoms with Gasteiger partial charge in [-0.3, -0.25) is 9.88 Å². The van der Waals surface area contributed by atoms with Crippen LogP contribution in [0.25, 0.3) is 0 Å². The van der Waals surface area contributed by atoms with E-state index < -0.39 is 0 Å². The van der Waals surface area contributed by atoms with Crippen LogP contribution >= 0.6 is 0 Å². The summed E-state index contributed by atoms with van der Waals surface area (Å²) in [5.41, 5.74) is 1.34. The molecule has 2 fully saturated rings. The molecule has 0 saturated carbocycles. The minimum Gasteiger partial charge on any atom is -0.316 e. The average molecular weight is 217 g/mol. The zero-order valence-electron chi connectivity index (χ0n) is 9.76. The van der Waals surface area contributed by atoms with Crippen molar-refractivity contribution in [2.75, 3.05) is 19.6 Å². The maximum atomic E-state index is 4.18. The summed E-state index contributed by atoms with van der Waals surface area (Å²) in [5, 5.41) is 3.50. The van der Waals surface area contributed by atoms with Gasteiger partial charge in [0.2, 0.25) is 0 Å². The molecule has 3 rings (SSSR count). The highest BCUT2D eigenvalue weighted by Crippen LogP contribution is 2.32. The standard InChI is InChI=1S/C13H19N3/c1-10-13-7-15-6-12(13)9-16(10)8-11-3-2-4-14-5-11/h2-5,10,12-13,15H,6-9H2,1H3. The monoisotopic (exact) mass is 217 g/mol. The molecule has 1 aromatic rings. The van der Waals surface area contributed by atoms with Gasteiger partial charge < -0.3 is 5.32 Å². The Morgan fingerprint density at radius 2 is 2.44 bits per heavy atom. The van der Waals surface area contributed by atoms with E-state index in [0.29, 0.717) is 6.04 Å². The summed E-state index contributed by atoms with van der Waals surface area (Å²) in [6.07, 6.45) is 3.83. The molecular formula is C13H19N3. The van der Waals surface area contributed by atoms with Crippen molar-refractivity contribution in [2.45, 2.75) is 19.5 Å². The van der Waals surface area contributed by atoms with Crippen LogP contribution in [0.5, 0.6) is 0 Å². The summed E-state index contributed by atoms with van der Waals surface area (Å²) < 4.78 is 0. The predicted molar refractivity (Wildman–Crippen MR) is 64.0 cm³/mol. The molecule has 0 spiro atoms. The number of fused-ring (bicyclic) bond motifs is 1. The third-order valence-corrected chi connectivity index (χ3v) is 4.17. The second-order valence-corrected chi connectivity index (χ2v) is 5.11. The second-order valence-electron chi connectivity index (χ2n) is 5.11. The Hall–Kier alpha value is -0.930. The highest BCUT2D eigenvalue weighted by atomic mass is 15.2. The molecule has 3 heteroatoms. The highest BCUT2D eigenvalue weighted by Gasteiger charge is 2.41. The van der Waals surface area contributed by atoms with Gasteiger partial charge in [0.05, 0.1) is 0 Å². The van der Waals surface area contributed by atoms with Crippen LogP contribution in [0, 0.1) is 11.8 Å². The van der Waals surface area contributed by atoms with Gasteiger partial charge in [0.15, 0.2) is 0 Å². The van der Waals surface area contributed by atoms with Crippen molar-refractivity contribution in [3.05, 3.63) is 30.1 Å². The molecule has 86 valence electrons. The van der Waals surface area contributed by atoms with E-state index in [1.54, 1.807) is 0 Å². The first-order chi connectivity index (χ1) is 7.84. The Labute approximate surface area is 96.9 Å². The summed E-state index contributed by atoms with van der Waals surface area (Å²) in [7, 11) is 0. The molecule has 1 N–H and O–H groups in total.